The molecule has 4 aromatic carbocycles. The van der Waals surface area contributed by atoms with E-state index in [4.69, 9.17) is 40.0 Å². The summed E-state index contributed by atoms with van der Waals surface area (Å²) in [6.45, 7) is 3.00. The van der Waals surface area contributed by atoms with Gasteiger partial charge in [0.25, 0.3) is 11.1 Å². The number of hydrazone groups is 1. The molecule has 19 nitrogen and oxygen atoms in total. The average molecular weight is 854 g/mol. The molecule has 1 atom stereocenters. The number of hydrogen-bond acceptors (Lipinski definition) is 16. The van der Waals surface area contributed by atoms with Crippen molar-refractivity contribution in [2.45, 2.75) is 78.1 Å². The van der Waals surface area contributed by atoms with Crippen molar-refractivity contribution in [3.8, 4) is 17.1 Å². The molecule has 6 rings (SSSR count). The van der Waals surface area contributed by atoms with Crippen molar-refractivity contribution >= 4 is 35.1 Å². The Morgan fingerprint density at radius 1 is 0.887 bits per heavy atom. The minimum Gasteiger partial charge on any atom is -0.465 e. The average Bonchev–Trinajstić information content (AvgIpc) is 3.61. The maximum absolute atomic E-state index is 13.5. The summed E-state index contributed by atoms with van der Waals surface area (Å²) in [6, 6.07) is 26.9. The van der Waals surface area contributed by atoms with Crippen molar-refractivity contribution in [3.05, 3.63) is 129 Å². The molecule has 1 heterocycles. The summed E-state index contributed by atoms with van der Waals surface area (Å²) in [6.07, 6.45) is 1.32. The molecule has 62 heavy (non-hydrogen) atoms. The number of esters is 1. The molecular weight excluding hydrogens is 807 g/mol. The second-order valence-electron chi connectivity index (χ2n) is 14.1. The Morgan fingerprint density at radius 2 is 1.60 bits per heavy atom. The van der Waals surface area contributed by atoms with Crippen LogP contribution in [0.25, 0.3) is 22.2 Å². The summed E-state index contributed by atoms with van der Waals surface area (Å²) >= 11 is 0. The van der Waals surface area contributed by atoms with E-state index in [9.17, 15) is 24.5 Å². The van der Waals surface area contributed by atoms with Crippen molar-refractivity contribution in [2.24, 2.45) is 16.7 Å². The molecule has 0 saturated heterocycles. The lowest BCUT2D eigenvalue weighted by molar-refractivity contribution is -0.763. The largest absolute Gasteiger partial charge is 0.511 e. The van der Waals surface area contributed by atoms with Gasteiger partial charge in [-0.25, -0.2) is 20.2 Å². The highest BCUT2D eigenvalue weighted by molar-refractivity contribution is 6.03. The van der Waals surface area contributed by atoms with Crippen molar-refractivity contribution in [1.29, 1.82) is 0 Å². The summed E-state index contributed by atoms with van der Waals surface area (Å²) in [5, 5.41) is 14.6. The number of hydrazine groups is 1. The number of nitrogens with zero attached hydrogens (tertiary/aromatic N) is 5. The number of hydrogen-bond donors (Lipinski definition) is 2. The fraction of sp³-hybridized carbons (Fsp3) is 0.326. The highest BCUT2D eigenvalue weighted by Crippen LogP contribution is 2.29. The molecule has 1 aromatic heterocycles. The van der Waals surface area contributed by atoms with E-state index in [0.29, 0.717) is 40.3 Å². The lowest BCUT2D eigenvalue weighted by atomic mass is 9.98. The Hall–Kier alpha value is -7.41. The fourth-order valence-corrected chi connectivity index (χ4v) is 6.83. The van der Waals surface area contributed by atoms with Gasteiger partial charge in [-0.05, 0) is 72.6 Å². The van der Waals surface area contributed by atoms with Gasteiger partial charge in [-0.3, -0.25) is 4.57 Å². The maximum Gasteiger partial charge on any atom is 0.511 e. The van der Waals surface area contributed by atoms with Gasteiger partial charge in [0.1, 0.15) is 19.3 Å². The third-order valence-electron chi connectivity index (χ3n) is 9.62. The van der Waals surface area contributed by atoms with E-state index in [1.807, 2.05) is 43.3 Å². The van der Waals surface area contributed by atoms with Gasteiger partial charge >= 0.3 is 18.3 Å². The van der Waals surface area contributed by atoms with Gasteiger partial charge in [-0.15, -0.1) is 15.2 Å². The molecule has 4 N–H and O–H groups in total. The summed E-state index contributed by atoms with van der Waals surface area (Å²) in [7, 11) is 0. The van der Waals surface area contributed by atoms with Crippen LogP contribution in [0.1, 0.15) is 78.6 Å². The Balaban J connectivity index is 1.09. The van der Waals surface area contributed by atoms with Crippen molar-refractivity contribution < 1.29 is 52.7 Å². The van der Waals surface area contributed by atoms with E-state index < -0.39 is 36.4 Å². The molecule has 1 saturated carbocycles. The molecule has 0 spiro atoms. The predicted molar refractivity (Wildman–Crippen MR) is 222 cm³/mol. The van der Waals surface area contributed by atoms with E-state index >= 15 is 0 Å². The van der Waals surface area contributed by atoms with Gasteiger partial charge in [-0.1, -0.05) is 85.3 Å². The van der Waals surface area contributed by atoms with E-state index in [-0.39, 0.29) is 37.3 Å². The summed E-state index contributed by atoms with van der Waals surface area (Å²) < 4.78 is 34.1. The van der Waals surface area contributed by atoms with Crippen LogP contribution in [-0.4, -0.2) is 69.6 Å². The molecule has 0 amide bonds. The minimum atomic E-state index is -1.20. The van der Waals surface area contributed by atoms with E-state index in [2.05, 4.69) is 14.9 Å². The van der Waals surface area contributed by atoms with Crippen molar-refractivity contribution in [2.75, 3.05) is 13.3 Å². The zero-order chi connectivity index (χ0) is 44.0. The molecule has 0 bridgehead atoms. The number of nitrogens with two attached hydrogens (primary N) is 2. The Kier molecular flexibility index (Phi) is 15.1. The second-order valence-corrected chi connectivity index (χ2v) is 14.1. The first kappa shape index (κ1) is 44.2. The van der Waals surface area contributed by atoms with Gasteiger partial charge in [0.05, 0.1) is 29.7 Å². The molecule has 1 aliphatic carbocycles. The van der Waals surface area contributed by atoms with Gasteiger partial charge < -0.3 is 39.0 Å². The van der Waals surface area contributed by atoms with E-state index in [1.54, 1.807) is 59.2 Å². The van der Waals surface area contributed by atoms with Gasteiger partial charge in [0.2, 0.25) is 6.29 Å². The van der Waals surface area contributed by atoms with Crippen LogP contribution in [0.3, 0.4) is 0 Å². The number of ether oxygens (including phenoxy) is 6. The Labute approximate surface area is 356 Å². The van der Waals surface area contributed by atoms with Crippen LogP contribution in [0, 0.1) is 10.1 Å². The first-order valence-corrected chi connectivity index (χ1v) is 19.9. The Morgan fingerprint density at radius 3 is 2.34 bits per heavy atom. The van der Waals surface area contributed by atoms with Gasteiger partial charge in [0.15, 0.2) is 12.6 Å². The van der Waals surface area contributed by atoms with Crippen LogP contribution in [0.4, 0.5) is 9.59 Å². The lowest BCUT2D eigenvalue weighted by Gasteiger charge is -2.22. The van der Waals surface area contributed by atoms with Crippen LogP contribution >= 0.6 is 0 Å². The monoisotopic (exact) mass is 853 g/mol. The van der Waals surface area contributed by atoms with E-state index in [0.717, 1.165) is 53.9 Å². The summed E-state index contributed by atoms with van der Waals surface area (Å²) in [5.74, 6) is 5.32. The van der Waals surface area contributed by atoms with Gasteiger partial charge in [-0.2, -0.15) is 10.1 Å². The van der Waals surface area contributed by atoms with Gasteiger partial charge in [0, 0.05) is 12.5 Å². The number of para-hydroxylation sites is 1. The van der Waals surface area contributed by atoms with Crippen LogP contribution in [0.5, 0.6) is 6.01 Å². The molecule has 1 unspecified atom stereocenters. The number of benzene rings is 4. The number of carbonyl (C=O) groups is 3. The molecule has 1 aliphatic rings. The molecule has 19 heteroatoms. The first-order valence-electron chi connectivity index (χ1n) is 19.9. The normalized spacial score (nSPS) is 13.4. The van der Waals surface area contributed by atoms with Crippen LogP contribution < -0.4 is 16.3 Å². The lowest BCUT2D eigenvalue weighted by Crippen LogP contribution is -2.33. The molecule has 1 fully saturated rings. The minimum absolute atomic E-state index is 0.0457. The zero-order valence-electron chi connectivity index (χ0n) is 34.2. The molecule has 0 radical (unpaired) electrons. The standard InChI is InChI=1S/C43H47N7O12/c1-3-56-41-46-37-18-10-17-36(40(51)60-28(2)61-43(53)62-33-13-5-4-6-14-33)38(37)48(41)24-29-19-21-32(22-20-29)34-15-7-8-16-35(34)39(44)47-49(45)27-58-42(52)57-25-30-11-9-12-31(23-30)26-59-50(54)55/h7-12,15-23,28,33H,3-6,13-14,24-27,45H2,1-2H3,(H2,44,47). The van der Waals surface area contributed by atoms with Crippen molar-refractivity contribution in [3.63, 3.8) is 0 Å². The predicted octanol–water partition coefficient (Wildman–Crippen LogP) is 6.95. The SMILES string of the molecule is CCOc1nc2cccc(C(=O)OC(C)OC(=O)OC3CCCCC3)c2n1Cc1ccc(-c2ccccc2/C(N)=N/N(N)COC(=O)OCc2cccc(CO[N+](=O)[O-])c2)cc1. The number of rotatable bonds is 18. The van der Waals surface area contributed by atoms with E-state index in [1.165, 1.54) is 6.92 Å². The van der Waals surface area contributed by atoms with Crippen LogP contribution in [0.2, 0.25) is 0 Å². The fourth-order valence-electron chi connectivity index (χ4n) is 6.83. The summed E-state index contributed by atoms with van der Waals surface area (Å²) in [5.41, 5.74) is 11.6. The highest BCUT2D eigenvalue weighted by atomic mass is 16.9. The van der Waals surface area contributed by atoms with Crippen molar-refractivity contribution in [1.82, 2.24) is 14.7 Å². The first-order chi connectivity index (χ1) is 30.0. The maximum atomic E-state index is 13.5. The highest BCUT2D eigenvalue weighted by Gasteiger charge is 2.25. The summed E-state index contributed by atoms with van der Waals surface area (Å²) in [4.78, 5) is 57.7. The molecular formula is C43H47N7O12. The molecule has 5 aromatic rings. The number of fused-ring (bicyclic) bond motifs is 1. The number of aromatic nitrogens is 2. The molecule has 0 aliphatic heterocycles. The van der Waals surface area contributed by atoms with Crippen LogP contribution in [0.15, 0.2) is 96.1 Å². The number of amidine groups is 1. The zero-order valence-corrected chi connectivity index (χ0v) is 34.2. The molecule has 326 valence electrons. The smallest absolute Gasteiger partial charge is 0.465 e. The second kappa shape index (κ2) is 21.2. The topological polar surface area (TPSA) is 244 Å². The quantitative estimate of drug-likeness (QED) is 0.0132. The number of carbonyl (C=O) groups excluding carboxylic acids is 3. The van der Waals surface area contributed by atoms with Crippen LogP contribution in [-0.2, 0) is 48.3 Å². The number of imidazole rings is 1. The third kappa shape index (κ3) is 12.1. The Bertz CT molecular complexity index is 2380. The third-order valence-corrected chi connectivity index (χ3v) is 9.62.